The number of piperazine rings is 1. The van der Waals surface area contributed by atoms with E-state index in [1.807, 2.05) is 0 Å². The van der Waals surface area contributed by atoms with Crippen molar-refractivity contribution < 1.29 is 40.3 Å². The Kier molecular flexibility index (Phi) is 6.82. The summed E-state index contributed by atoms with van der Waals surface area (Å²) < 4.78 is 90.2. The molecule has 0 bridgehead atoms. The van der Waals surface area contributed by atoms with Gasteiger partial charge in [0.15, 0.2) is 11.5 Å². The van der Waals surface area contributed by atoms with Crippen molar-refractivity contribution in [3.8, 4) is 5.75 Å². The van der Waals surface area contributed by atoms with Crippen LogP contribution in [0.25, 0.3) is 0 Å². The van der Waals surface area contributed by atoms with Gasteiger partial charge in [0.1, 0.15) is 18.2 Å². The van der Waals surface area contributed by atoms with Crippen LogP contribution >= 0.6 is 0 Å². The second-order valence-corrected chi connectivity index (χ2v) is 7.65. The first-order valence-corrected chi connectivity index (χ1v) is 10.2. The molecule has 0 atom stereocenters. The molecule has 0 spiro atoms. The maximum atomic E-state index is 13.7. The third kappa shape index (κ3) is 4.89. The van der Waals surface area contributed by atoms with Crippen molar-refractivity contribution in [2.75, 3.05) is 26.2 Å². The standard InChI is InChI=1S/C23H18F6N2O3/c24-14-3-1-13(2-4-14)11-30-7-9-31(10-8-30)23(32)16-6-5-15(34-16)12-33-22-20(28)18(26)17(25)19(27)21(22)29/h1-6H,7-12H2. The van der Waals surface area contributed by atoms with E-state index < -0.39 is 47.3 Å². The molecule has 0 unspecified atom stereocenters. The van der Waals surface area contributed by atoms with Gasteiger partial charge in [0.25, 0.3) is 5.91 Å². The third-order valence-corrected chi connectivity index (χ3v) is 5.38. The lowest BCUT2D eigenvalue weighted by molar-refractivity contribution is 0.0594. The minimum atomic E-state index is -2.29. The molecule has 1 aliphatic heterocycles. The molecule has 1 amide bonds. The Morgan fingerprint density at radius 2 is 1.38 bits per heavy atom. The molecule has 3 aromatic rings. The van der Waals surface area contributed by atoms with E-state index in [0.717, 1.165) is 5.56 Å². The van der Waals surface area contributed by atoms with Crippen LogP contribution in [-0.4, -0.2) is 41.9 Å². The average molecular weight is 484 g/mol. The molecule has 1 saturated heterocycles. The Balaban J connectivity index is 1.33. The maximum Gasteiger partial charge on any atom is 0.289 e. The van der Waals surface area contributed by atoms with Crippen LogP contribution in [0.1, 0.15) is 21.9 Å². The quantitative estimate of drug-likeness (QED) is 0.290. The predicted molar refractivity (Wildman–Crippen MR) is 107 cm³/mol. The molecule has 0 aliphatic carbocycles. The first kappa shape index (κ1) is 23.7. The summed E-state index contributed by atoms with van der Waals surface area (Å²) in [4.78, 5) is 16.4. The van der Waals surface area contributed by atoms with Crippen LogP contribution in [0.3, 0.4) is 0 Å². The van der Waals surface area contributed by atoms with Crippen LogP contribution in [0, 0.1) is 34.9 Å². The number of carbonyl (C=O) groups is 1. The molecule has 180 valence electrons. The van der Waals surface area contributed by atoms with Crippen molar-refractivity contribution in [2.24, 2.45) is 0 Å². The number of ether oxygens (including phenoxy) is 1. The molecule has 2 aromatic carbocycles. The molecule has 4 rings (SSSR count). The number of hydrogen-bond donors (Lipinski definition) is 0. The Morgan fingerprint density at radius 3 is 2.00 bits per heavy atom. The summed E-state index contributed by atoms with van der Waals surface area (Å²) in [7, 11) is 0. The molecule has 0 saturated carbocycles. The van der Waals surface area contributed by atoms with Crippen molar-refractivity contribution in [2.45, 2.75) is 13.2 Å². The van der Waals surface area contributed by atoms with Crippen LogP contribution in [0.5, 0.6) is 5.75 Å². The summed E-state index contributed by atoms with van der Waals surface area (Å²) in [5, 5.41) is 0. The summed E-state index contributed by atoms with van der Waals surface area (Å²) in [5.74, 6) is -13.0. The third-order valence-electron chi connectivity index (χ3n) is 5.38. The van der Waals surface area contributed by atoms with Crippen molar-refractivity contribution >= 4 is 5.91 Å². The van der Waals surface area contributed by atoms with Gasteiger partial charge < -0.3 is 14.1 Å². The van der Waals surface area contributed by atoms with Crippen LogP contribution in [0.15, 0.2) is 40.8 Å². The van der Waals surface area contributed by atoms with Gasteiger partial charge in [-0.1, -0.05) is 12.1 Å². The fourth-order valence-corrected chi connectivity index (χ4v) is 3.54. The van der Waals surface area contributed by atoms with Gasteiger partial charge in [0.05, 0.1) is 0 Å². The van der Waals surface area contributed by atoms with E-state index in [1.165, 1.54) is 24.3 Å². The van der Waals surface area contributed by atoms with Crippen molar-refractivity contribution in [1.29, 1.82) is 0 Å². The SMILES string of the molecule is O=C(c1ccc(COc2c(F)c(F)c(F)c(F)c2F)o1)N1CCN(Cc2ccc(F)cc2)CC1. The number of nitrogens with zero attached hydrogens (tertiary/aromatic N) is 2. The second kappa shape index (κ2) is 9.80. The molecule has 2 heterocycles. The summed E-state index contributed by atoms with van der Waals surface area (Å²) in [6.07, 6.45) is 0. The number of benzene rings is 2. The monoisotopic (exact) mass is 484 g/mol. The van der Waals surface area contributed by atoms with E-state index in [1.54, 1.807) is 17.0 Å². The highest BCUT2D eigenvalue weighted by molar-refractivity contribution is 5.91. The molecular formula is C23H18F6N2O3. The zero-order chi connectivity index (χ0) is 24.4. The molecular weight excluding hydrogens is 466 g/mol. The van der Waals surface area contributed by atoms with E-state index in [0.29, 0.717) is 32.7 Å². The minimum absolute atomic E-state index is 0.0396. The highest BCUT2D eigenvalue weighted by Crippen LogP contribution is 2.30. The smallest absolute Gasteiger partial charge is 0.289 e. The molecule has 0 N–H and O–H groups in total. The molecule has 1 fully saturated rings. The summed E-state index contributed by atoms with van der Waals surface area (Å²) in [5.41, 5.74) is 0.950. The largest absolute Gasteiger partial charge is 0.479 e. The second-order valence-electron chi connectivity index (χ2n) is 7.65. The number of carbonyl (C=O) groups excluding carboxylic acids is 1. The van der Waals surface area contributed by atoms with Gasteiger partial charge in [0.2, 0.25) is 29.1 Å². The lowest BCUT2D eigenvalue weighted by atomic mass is 10.2. The minimum Gasteiger partial charge on any atom is -0.479 e. The zero-order valence-corrected chi connectivity index (χ0v) is 17.6. The van der Waals surface area contributed by atoms with E-state index >= 15 is 0 Å². The van der Waals surface area contributed by atoms with Crippen molar-refractivity contribution in [3.05, 3.63) is 88.4 Å². The lowest BCUT2D eigenvalue weighted by Crippen LogP contribution is -2.48. The summed E-state index contributed by atoms with van der Waals surface area (Å²) in [6, 6.07) is 8.82. The predicted octanol–water partition coefficient (Wildman–Crippen LogP) is 4.65. The van der Waals surface area contributed by atoms with Gasteiger partial charge in [0, 0.05) is 32.7 Å². The fourth-order valence-electron chi connectivity index (χ4n) is 3.54. The first-order chi connectivity index (χ1) is 16.2. The number of hydrogen-bond acceptors (Lipinski definition) is 4. The van der Waals surface area contributed by atoms with Gasteiger partial charge in [-0.15, -0.1) is 0 Å². The Morgan fingerprint density at radius 1 is 0.794 bits per heavy atom. The van der Waals surface area contributed by atoms with E-state index in [9.17, 15) is 31.1 Å². The molecule has 0 radical (unpaired) electrons. The Labute approximate surface area is 190 Å². The number of halogens is 6. The topological polar surface area (TPSA) is 45.9 Å². The fraction of sp³-hybridized carbons (Fsp3) is 0.261. The van der Waals surface area contributed by atoms with Crippen molar-refractivity contribution in [1.82, 2.24) is 9.80 Å². The van der Waals surface area contributed by atoms with Gasteiger partial charge in [-0.25, -0.2) is 17.6 Å². The van der Waals surface area contributed by atoms with E-state index in [-0.39, 0.29) is 17.3 Å². The Hall–Kier alpha value is -3.47. The summed E-state index contributed by atoms with van der Waals surface area (Å²) in [6.45, 7) is 1.95. The van der Waals surface area contributed by atoms with Gasteiger partial charge in [-0.3, -0.25) is 9.69 Å². The number of amides is 1. The van der Waals surface area contributed by atoms with Crippen LogP contribution in [0.4, 0.5) is 26.3 Å². The van der Waals surface area contributed by atoms with E-state index in [2.05, 4.69) is 4.90 Å². The van der Waals surface area contributed by atoms with Crippen LogP contribution in [-0.2, 0) is 13.2 Å². The molecule has 34 heavy (non-hydrogen) atoms. The Bertz CT molecular complexity index is 1160. The first-order valence-electron chi connectivity index (χ1n) is 10.2. The highest BCUT2D eigenvalue weighted by Gasteiger charge is 2.28. The van der Waals surface area contributed by atoms with Gasteiger partial charge in [-0.05, 0) is 29.8 Å². The highest BCUT2D eigenvalue weighted by atomic mass is 19.2. The zero-order valence-electron chi connectivity index (χ0n) is 17.6. The maximum absolute atomic E-state index is 13.7. The van der Waals surface area contributed by atoms with Gasteiger partial charge in [-0.2, -0.15) is 8.78 Å². The number of furan rings is 1. The summed E-state index contributed by atoms with van der Waals surface area (Å²) >= 11 is 0. The average Bonchev–Trinajstić information content (AvgIpc) is 3.32. The normalized spacial score (nSPS) is 14.5. The molecule has 1 aromatic heterocycles. The lowest BCUT2D eigenvalue weighted by Gasteiger charge is -2.34. The number of rotatable bonds is 6. The molecule has 11 heteroatoms. The van der Waals surface area contributed by atoms with Crippen LogP contribution in [0.2, 0.25) is 0 Å². The van der Waals surface area contributed by atoms with Crippen LogP contribution < -0.4 is 4.74 Å². The molecule has 1 aliphatic rings. The van der Waals surface area contributed by atoms with Crippen molar-refractivity contribution in [3.63, 3.8) is 0 Å². The molecule has 5 nitrogen and oxygen atoms in total. The van der Waals surface area contributed by atoms with Gasteiger partial charge >= 0.3 is 0 Å². The van der Waals surface area contributed by atoms with E-state index in [4.69, 9.17) is 9.15 Å².